The zero-order valence-electron chi connectivity index (χ0n) is 19.3. The Morgan fingerprint density at radius 1 is 0.875 bits per heavy atom. The zero-order valence-corrected chi connectivity index (χ0v) is 20.9. The monoisotopic (exact) mass is 493 g/mol. The number of ether oxygens (including phenoxy) is 1. The van der Waals surface area contributed by atoms with Crippen molar-refractivity contribution in [2.45, 2.75) is 58.3 Å². The van der Waals surface area contributed by atoms with Gasteiger partial charge in [0.1, 0.15) is 5.60 Å². The summed E-state index contributed by atoms with van der Waals surface area (Å²) in [6.07, 6.45) is 0.281. The second-order valence-corrected chi connectivity index (χ2v) is 10.0. The number of carbonyl (C=O) groups is 1. The largest absolute Gasteiger partial charge is 0.460 e. The van der Waals surface area contributed by atoms with Gasteiger partial charge < -0.3 is 4.74 Å². The SMILES string of the molecule is CC(c1ccccc1)N(Cc1ccccc1)C(CC(=O)OC(C)(C)C)c1ccc(Br)cc1. The summed E-state index contributed by atoms with van der Waals surface area (Å²) in [7, 11) is 0. The number of benzene rings is 3. The molecular weight excluding hydrogens is 462 g/mol. The molecule has 2 atom stereocenters. The van der Waals surface area contributed by atoms with Crippen molar-refractivity contribution in [2.75, 3.05) is 0 Å². The van der Waals surface area contributed by atoms with E-state index in [4.69, 9.17) is 4.74 Å². The van der Waals surface area contributed by atoms with Gasteiger partial charge in [-0.3, -0.25) is 9.69 Å². The molecule has 32 heavy (non-hydrogen) atoms. The second-order valence-electron chi connectivity index (χ2n) is 9.10. The highest BCUT2D eigenvalue weighted by molar-refractivity contribution is 9.10. The Kier molecular flexibility index (Phi) is 8.27. The topological polar surface area (TPSA) is 29.5 Å². The molecule has 0 fully saturated rings. The molecule has 3 nitrogen and oxygen atoms in total. The van der Waals surface area contributed by atoms with Crippen LogP contribution in [0.3, 0.4) is 0 Å². The van der Waals surface area contributed by atoms with Crippen LogP contribution in [0.15, 0.2) is 89.4 Å². The minimum atomic E-state index is -0.517. The van der Waals surface area contributed by atoms with E-state index < -0.39 is 5.60 Å². The number of carbonyl (C=O) groups excluding carboxylic acids is 1. The fourth-order valence-corrected chi connectivity index (χ4v) is 4.15. The van der Waals surface area contributed by atoms with Crippen molar-refractivity contribution in [2.24, 2.45) is 0 Å². The smallest absolute Gasteiger partial charge is 0.308 e. The number of nitrogens with zero attached hydrogens (tertiary/aromatic N) is 1. The van der Waals surface area contributed by atoms with Gasteiger partial charge in [0.15, 0.2) is 0 Å². The molecular formula is C28H32BrNO2. The van der Waals surface area contributed by atoms with E-state index in [0.29, 0.717) is 0 Å². The molecule has 3 aromatic carbocycles. The van der Waals surface area contributed by atoms with Crippen LogP contribution in [-0.4, -0.2) is 16.5 Å². The van der Waals surface area contributed by atoms with Crippen LogP contribution in [0.25, 0.3) is 0 Å². The molecule has 4 heteroatoms. The van der Waals surface area contributed by atoms with E-state index in [1.165, 1.54) is 11.1 Å². The molecule has 0 aliphatic carbocycles. The van der Waals surface area contributed by atoms with Gasteiger partial charge in [-0.2, -0.15) is 0 Å². The Balaban J connectivity index is 2.02. The molecule has 0 heterocycles. The minimum Gasteiger partial charge on any atom is -0.460 e. The lowest BCUT2D eigenvalue weighted by Crippen LogP contribution is -2.34. The van der Waals surface area contributed by atoms with E-state index in [-0.39, 0.29) is 24.5 Å². The molecule has 2 unspecified atom stereocenters. The molecule has 0 amide bonds. The molecule has 0 spiro atoms. The Morgan fingerprint density at radius 2 is 1.44 bits per heavy atom. The lowest BCUT2D eigenvalue weighted by atomic mass is 9.96. The van der Waals surface area contributed by atoms with Gasteiger partial charge in [0.05, 0.1) is 6.42 Å². The Labute approximate surface area is 200 Å². The summed E-state index contributed by atoms with van der Waals surface area (Å²) in [4.78, 5) is 15.4. The van der Waals surface area contributed by atoms with Gasteiger partial charge in [-0.15, -0.1) is 0 Å². The van der Waals surface area contributed by atoms with E-state index in [2.05, 4.69) is 88.4 Å². The predicted molar refractivity (Wildman–Crippen MR) is 134 cm³/mol. The summed E-state index contributed by atoms with van der Waals surface area (Å²) in [6.45, 7) is 8.66. The van der Waals surface area contributed by atoms with Gasteiger partial charge in [0, 0.05) is 23.1 Å². The third-order valence-corrected chi connectivity index (χ3v) is 5.95. The molecule has 168 valence electrons. The molecule has 0 aliphatic rings. The quantitative estimate of drug-likeness (QED) is 0.304. The summed E-state index contributed by atoms with van der Waals surface area (Å²) in [5.41, 5.74) is 3.01. The van der Waals surface area contributed by atoms with E-state index in [9.17, 15) is 4.79 Å². The number of halogens is 1. The normalized spacial score (nSPS) is 13.6. The van der Waals surface area contributed by atoms with Crippen LogP contribution in [0.1, 0.15) is 62.9 Å². The van der Waals surface area contributed by atoms with Crippen molar-refractivity contribution in [3.63, 3.8) is 0 Å². The van der Waals surface area contributed by atoms with Crippen molar-refractivity contribution in [1.29, 1.82) is 0 Å². The highest BCUT2D eigenvalue weighted by Crippen LogP contribution is 2.35. The molecule has 0 bridgehead atoms. The molecule has 0 aromatic heterocycles. The average Bonchev–Trinajstić information content (AvgIpc) is 2.76. The summed E-state index contributed by atoms with van der Waals surface area (Å²) in [5.74, 6) is -0.191. The average molecular weight is 494 g/mol. The maximum absolute atomic E-state index is 13.0. The van der Waals surface area contributed by atoms with E-state index in [1.54, 1.807) is 0 Å². The van der Waals surface area contributed by atoms with Crippen LogP contribution >= 0.6 is 15.9 Å². The first kappa shape index (κ1) is 24.2. The molecule has 0 saturated carbocycles. The van der Waals surface area contributed by atoms with Crippen LogP contribution in [0.4, 0.5) is 0 Å². The third kappa shape index (κ3) is 7.04. The van der Waals surface area contributed by atoms with Crippen molar-refractivity contribution < 1.29 is 9.53 Å². The highest BCUT2D eigenvalue weighted by Gasteiger charge is 2.30. The van der Waals surface area contributed by atoms with Crippen molar-refractivity contribution >= 4 is 21.9 Å². The Bertz CT molecular complexity index is 981. The minimum absolute atomic E-state index is 0.104. The van der Waals surface area contributed by atoms with Gasteiger partial charge >= 0.3 is 5.97 Å². The van der Waals surface area contributed by atoms with Crippen LogP contribution in [0.2, 0.25) is 0 Å². The molecule has 0 radical (unpaired) electrons. The van der Waals surface area contributed by atoms with Crippen molar-refractivity contribution in [3.8, 4) is 0 Å². The molecule has 0 aliphatic heterocycles. The fraction of sp³-hybridized carbons (Fsp3) is 0.321. The van der Waals surface area contributed by atoms with E-state index in [1.807, 2.05) is 45.0 Å². The number of rotatable bonds is 8. The van der Waals surface area contributed by atoms with E-state index >= 15 is 0 Å². The summed E-state index contributed by atoms with van der Waals surface area (Å²) >= 11 is 3.54. The molecule has 3 aromatic rings. The Morgan fingerprint density at radius 3 is 2.00 bits per heavy atom. The molecule has 0 saturated heterocycles. The maximum atomic E-state index is 13.0. The van der Waals surface area contributed by atoms with Gasteiger partial charge in [0.25, 0.3) is 0 Å². The summed E-state index contributed by atoms with van der Waals surface area (Å²) < 4.78 is 6.74. The van der Waals surface area contributed by atoms with Crippen molar-refractivity contribution in [1.82, 2.24) is 4.90 Å². The number of esters is 1. The summed E-state index contributed by atoms with van der Waals surface area (Å²) in [6, 6.07) is 29.1. The fourth-order valence-electron chi connectivity index (χ4n) is 3.89. The first-order valence-corrected chi connectivity index (χ1v) is 11.8. The zero-order chi connectivity index (χ0) is 23.1. The van der Waals surface area contributed by atoms with Gasteiger partial charge in [-0.05, 0) is 56.5 Å². The number of hydrogen-bond donors (Lipinski definition) is 0. The van der Waals surface area contributed by atoms with Crippen molar-refractivity contribution in [3.05, 3.63) is 106 Å². The van der Waals surface area contributed by atoms with E-state index in [0.717, 1.165) is 16.6 Å². The highest BCUT2D eigenvalue weighted by atomic mass is 79.9. The van der Waals surface area contributed by atoms with Gasteiger partial charge in [-0.1, -0.05) is 88.7 Å². The first-order chi connectivity index (χ1) is 15.2. The lowest BCUT2D eigenvalue weighted by molar-refractivity contribution is -0.156. The lowest BCUT2D eigenvalue weighted by Gasteiger charge is -2.37. The Hall–Kier alpha value is -2.43. The van der Waals surface area contributed by atoms with Gasteiger partial charge in [0.2, 0.25) is 0 Å². The van der Waals surface area contributed by atoms with Crippen LogP contribution < -0.4 is 0 Å². The second kappa shape index (κ2) is 10.9. The number of hydrogen-bond acceptors (Lipinski definition) is 3. The molecule has 3 rings (SSSR count). The maximum Gasteiger partial charge on any atom is 0.308 e. The van der Waals surface area contributed by atoms with Crippen LogP contribution in [-0.2, 0) is 16.1 Å². The van der Waals surface area contributed by atoms with Gasteiger partial charge in [-0.25, -0.2) is 0 Å². The standard InChI is InChI=1S/C28H32BrNO2/c1-21(23-13-9-6-10-14-23)30(20-22-11-7-5-8-12-22)26(19-27(31)32-28(2,3)4)24-15-17-25(29)18-16-24/h5-18,21,26H,19-20H2,1-4H3. The predicted octanol–water partition coefficient (Wildman–Crippen LogP) is 7.49. The summed E-state index contributed by atoms with van der Waals surface area (Å²) in [5, 5.41) is 0. The van der Waals surface area contributed by atoms with Crippen LogP contribution in [0, 0.1) is 0 Å². The molecule has 0 N–H and O–H groups in total. The first-order valence-electron chi connectivity index (χ1n) is 11.0. The third-order valence-electron chi connectivity index (χ3n) is 5.42. The van der Waals surface area contributed by atoms with Crippen LogP contribution in [0.5, 0.6) is 0 Å².